The molecule has 0 spiro atoms. The monoisotopic (exact) mass is 198 g/mol. The summed E-state index contributed by atoms with van der Waals surface area (Å²) >= 11 is 0. The standard InChI is InChI=1S/C15H18/c1-3-4-9-14(2)10-8-13-15-11-6-5-7-12-15/h3,5-8,11-13H,1-2,4,9-10H2/b13-8+. The van der Waals surface area contributed by atoms with E-state index in [0.717, 1.165) is 19.3 Å². The van der Waals surface area contributed by atoms with Crippen molar-refractivity contribution in [1.82, 2.24) is 0 Å². The minimum atomic E-state index is 0.961. The highest BCUT2D eigenvalue weighted by atomic mass is 14.0. The fourth-order valence-corrected chi connectivity index (χ4v) is 1.33. The van der Waals surface area contributed by atoms with E-state index in [2.05, 4.69) is 37.4 Å². The summed E-state index contributed by atoms with van der Waals surface area (Å²) in [5, 5.41) is 0. The lowest BCUT2D eigenvalue weighted by Crippen LogP contribution is -1.78. The molecule has 15 heavy (non-hydrogen) atoms. The molecule has 0 heteroatoms. The van der Waals surface area contributed by atoms with E-state index in [1.807, 2.05) is 24.3 Å². The van der Waals surface area contributed by atoms with E-state index < -0.39 is 0 Å². The first-order chi connectivity index (χ1) is 7.33. The third kappa shape index (κ3) is 5.02. The zero-order chi connectivity index (χ0) is 10.9. The first kappa shape index (κ1) is 11.5. The molecule has 0 amide bonds. The Kier molecular flexibility index (Phi) is 5.24. The van der Waals surface area contributed by atoms with Crippen LogP contribution < -0.4 is 0 Å². The van der Waals surface area contributed by atoms with Gasteiger partial charge >= 0.3 is 0 Å². The van der Waals surface area contributed by atoms with Crippen molar-refractivity contribution >= 4 is 6.08 Å². The Morgan fingerprint density at radius 1 is 1.20 bits per heavy atom. The maximum Gasteiger partial charge on any atom is -0.0138 e. The molecule has 0 heterocycles. The first-order valence-corrected chi connectivity index (χ1v) is 5.32. The smallest absolute Gasteiger partial charge is 0.0138 e. The predicted octanol–water partition coefficient (Wildman–Crippen LogP) is 4.61. The maximum atomic E-state index is 4.02. The fourth-order valence-electron chi connectivity index (χ4n) is 1.33. The Hall–Kier alpha value is -1.56. The predicted molar refractivity (Wildman–Crippen MR) is 68.7 cm³/mol. The Morgan fingerprint density at radius 3 is 2.60 bits per heavy atom. The van der Waals surface area contributed by atoms with Crippen LogP contribution in [0.2, 0.25) is 0 Å². The maximum absolute atomic E-state index is 4.02. The summed E-state index contributed by atoms with van der Waals surface area (Å²) in [5.41, 5.74) is 2.51. The zero-order valence-corrected chi connectivity index (χ0v) is 9.15. The second-order valence-electron chi connectivity index (χ2n) is 3.59. The van der Waals surface area contributed by atoms with Gasteiger partial charge in [-0.15, -0.1) is 6.58 Å². The third-order valence-electron chi connectivity index (χ3n) is 2.22. The Labute approximate surface area is 92.6 Å². The molecule has 0 radical (unpaired) electrons. The summed E-state index contributed by atoms with van der Waals surface area (Å²) in [5.74, 6) is 0. The van der Waals surface area contributed by atoms with Gasteiger partial charge in [0.15, 0.2) is 0 Å². The molecular weight excluding hydrogens is 180 g/mol. The summed E-state index contributed by atoms with van der Waals surface area (Å²) in [6, 6.07) is 10.3. The van der Waals surface area contributed by atoms with Crippen LogP contribution in [0, 0.1) is 0 Å². The number of hydrogen-bond donors (Lipinski definition) is 0. The quantitative estimate of drug-likeness (QED) is 0.585. The van der Waals surface area contributed by atoms with Crippen molar-refractivity contribution in [1.29, 1.82) is 0 Å². The Balaban J connectivity index is 2.33. The van der Waals surface area contributed by atoms with Gasteiger partial charge in [-0.3, -0.25) is 0 Å². The van der Waals surface area contributed by atoms with Crippen LogP contribution in [0.4, 0.5) is 0 Å². The Bertz CT molecular complexity index is 330. The topological polar surface area (TPSA) is 0 Å². The van der Waals surface area contributed by atoms with E-state index in [4.69, 9.17) is 0 Å². The van der Waals surface area contributed by atoms with Crippen LogP contribution in [0.25, 0.3) is 6.08 Å². The zero-order valence-electron chi connectivity index (χ0n) is 9.15. The lowest BCUT2D eigenvalue weighted by Gasteiger charge is -1.98. The average molecular weight is 198 g/mol. The van der Waals surface area contributed by atoms with Crippen LogP contribution in [0.5, 0.6) is 0 Å². The number of allylic oxidation sites excluding steroid dienone is 3. The number of hydrogen-bond acceptors (Lipinski definition) is 0. The second-order valence-corrected chi connectivity index (χ2v) is 3.59. The largest absolute Gasteiger partial charge is 0.103 e. The summed E-state index contributed by atoms with van der Waals surface area (Å²) in [6.45, 7) is 7.73. The number of rotatable bonds is 6. The highest BCUT2D eigenvalue weighted by Crippen LogP contribution is 2.10. The van der Waals surface area contributed by atoms with E-state index in [0.29, 0.717) is 0 Å². The molecule has 0 aliphatic rings. The normalized spacial score (nSPS) is 10.4. The molecule has 0 saturated carbocycles. The molecule has 0 aromatic heterocycles. The van der Waals surface area contributed by atoms with Gasteiger partial charge in [-0.25, -0.2) is 0 Å². The van der Waals surface area contributed by atoms with Gasteiger partial charge < -0.3 is 0 Å². The van der Waals surface area contributed by atoms with E-state index in [9.17, 15) is 0 Å². The second kappa shape index (κ2) is 6.83. The molecule has 1 rings (SSSR count). The van der Waals surface area contributed by atoms with Crippen molar-refractivity contribution in [2.75, 3.05) is 0 Å². The van der Waals surface area contributed by atoms with Crippen molar-refractivity contribution in [2.24, 2.45) is 0 Å². The SMILES string of the molecule is C=CCCC(=C)C/C=C/c1ccccc1. The molecule has 0 atom stereocenters. The molecule has 0 fully saturated rings. The van der Waals surface area contributed by atoms with E-state index in [-0.39, 0.29) is 0 Å². The van der Waals surface area contributed by atoms with Gasteiger partial charge in [-0.2, -0.15) is 0 Å². The highest BCUT2D eigenvalue weighted by Gasteiger charge is 1.89. The van der Waals surface area contributed by atoms with E-state index in [1.54, 1.807) is 0 Å². The third-order valence-corrected chi connectivity index (χ3v) is 2.22. The molecule has 1 aromatic carbocycles. The molecule has 0 unspecified atom stereocenters. The van der Waals surface area contributed by atoms with E-state index in [1.165, 1.54) is 11.1 Å². The van der Waals surface area contributed by atoms with Crippen molar-refractivity contribution < 1.29 is 0 Å². The van der Waals surface area contributed by atoms with Gasteiger partial charge in [0.2, 0.25) is 0 Å². The lowest BCUT2D eigenvalue weighted by atomic mass is 10.1. The minimum absolute atomic E-state index is 0.961. The molecule has 0 saturated heterocycles. The Morgan fingerprint density at radius 2 is 1.93 bits per heavy atom. The van der Waals surface area contributed by atoms with Gasteiger partial charge in [-0.1, -0.05) is 60.7 Å². The van der Waals surface area contributed by atoms with Crippen LogP contribution >= 0.6 is 0 Å². The van der Waals surface area contributed by atoms with Crippen LogP contribution in [0.15, 0.2) is 61.2 Å². The summed E-state index contributed by atoms with van der Waals surface area (Å²) in [7, 11) is 0. The van der Waals surface area contributed by atoms with Crippen LogP contribution in [-0.2, 0) is 0 Å². The highest BCUT2D eigenvalue weighted by molar-refractivity contribution is 5.49. The van der Waals surface area contributed by atoms with Gasteiger partial charge in [-0.05, 0) is 24.8 Å². The van der Waals surface area contributed by atoms with Crippen LogP contribution in [0.1, 0.15) is 24.8 Å². The van der Waals surface area contributed by atoms with Gasteiger partial charge in [0.05, 0.1) is 0 Å². The van der Waals surface area contributed by atoms with Crippen molar-refractivity contribution in [3.8, 4) is 0 Å². The van der Waals surface area contributed by atoms with Crippen molar-refractivity contribution in [3.05, 3.63) is 66.8 Å². The minimum Gasteiger partial charge on any atom is -0.103 e. The first-order valence-electron chi connectivity index (χ1n) is 5.32. The van der Waals surface area contributed by atoms with Crippen LogP contribution in [0.3, 0.4) is 0 Å². The van der Waals surface area contributed by atoms with Gasteiger partial charge in [0.25, 0.3) is 0 Å². The molecule has 0 aliphatic carbocycles. The molecule has 0 nitrogen and oxygen atoms in total. The number of benzene rings is 1. The molecule has 78 valence electrons. The molecule has 0 bridgehead atoms. The van der Waals surface area contributed by atoms with Gasteiger partial charge in [0, 0.05) is 0 Å². The molecule has 0 N–H and O–H groups in total. The summed E-state index contributed by atoms with van der Waals surface area (Å²) in [4.78, 5) is 0. The van der Waals surface area contributed by atoms with Crippen molar-refractivity contribution in [2.45, 2.75) is 19.3 Å². The molecule has 0 aliphatic heterocycles. The van der Waals surface area contributed by atoms with Crippen molar-refractivity contribution in [3.63, 3.8) is 0 Å². The summed E-state index contributed by atoms with van der Waals surface area (Å²) < 4.78 is 0. The molecule has 1 aromatic rings. The average Bonchev–Trinajstić information content (AvgIpc) is 2.28. The fraction of sp³-hybridized carbons (Fsp3) is 0.200. The lowest BCUT2D eigenvalue weighted by molar-refractivity contribution is 0.949. The molecular formula is C15H18. The summed E-state index contributed by atoms with van der Waals surface area (Å²) in [6.07, 6.45) is 9.27. The van der Waals surface area contributed by atoms with Crippen LogP contribution in [-0.4, -0.2) is 0 Å². The van der Waals surface area contributed by atoms with E-state index >= 15 is 0 Å². The van der Waals surface area contributed by atoms with Gasteiger partial charge in [0.1, 0.15) is 0 Å².